The Balaban J connectivity index is 2.48. The maximum Gasteiger partial charge on any atom is 0.261 e. The minimum atomic E-state index is -0.375. The number of fused-ring (bicyclic) bond motifs is 1. The number of nitrogens with one attached hydrogen (secondary N) is 1. The smallest absolute Gasteiger partial charge is 0.261 e. The number of benzene rings is 1. The Hall–Kier alpha value is -2.14. The van der Waals surface area contributed by atoms with Crippen LogP contribution in [0.1, 0.15) is 17.3 Å². The molecule has 0 saturated heterocycles. The molecular formula is C14H17N3O2. The predicted molar refractivity (Wildman–Crippen MR) is 75.2 cm³/mol. The Labute approximate surface area is 111 Å². The highest BCUT2D eigenvalue weighted by atomic mass is 16.2. The van der Waals surface area contributed by atoms with Crippen LogP contribution in [0.4, 0.5) is 0 Å². The number of para-hydroxylation sites is 1. The van der Waals surface area contributed by atoms with Crippen molar-refractivity contribution in [1.29, 1.82) is 0 Å². The van der Waals surface area contributed by atoms with Gasteiger partial charge in [-0.2, -0.15) is 0 Å². The van der Waals surface area contributed by atoms with E-state index in [0.29, 0.717) is 6.54 Å². The number of nitrogens with zero attached hydrogens (tertiary/aromatic N) is 1. The summed E-state index contributed by atoms with van der Waals surface area (Å²) >= 11 is 0. The van der Waals surface area contributed by atoms with Crippen molar-refractivity contribution in [1.82, 2.24) is 9.88 Å². The van der Waals surface area contributed by atoms with Crippen molar-refractivity contribution < 1.29 is 4.79 Å². The number of hydrogen-bond donors (Lipinski definition) is 2. The van der Waals surface area contributed by atoms with E-state index in [4.69, 9.17) is 5.73 Å². The molecule has 19 heavy (non-hydrogen) atoms. The van der Waals surface area contributed by atoms with Gasteiger partial charge in [0, 0.05) is 25.2 Å². The van der Waals surface area contributed by atoms with E-state index in [9.17, 15) is 9.59 Å². The highest BCUT2D eigenvalue weighted by molar-refractivity contribution is 5.97. The third kappa shape index (κ3) is 2.51. The summed E-state index contributed by atoms with van der Waals surface area (Å²) in [6, 6.07) is 8.86. The van der Waals surface area contributed by atoms with Crippen molar-refractivity contribution in [3.05, 3.63) is 46.2 Å². The van der Waals surface area contributed by atoms with Gasteiger partial charge in [0.1, 0.15) is 5.56 Å². The molecule has 5 heteroatoms. The largest absolute Gasteiger partial charge is 0.338 e. The molecule has 1 heterocycles. The van der Waals surface area contributed by atoms with Crippen molar-refractivity contribution in [2.24, 2.45) is 5.73 Å². The number of H-pyrrole nitrogens is 1. The molecule has 0 saturated carbocycles. The number of aromatic amines is 1. The first-order valence-electron chi connectivity index (χ1n) is 6.14. The third-order valence-corrected chi connectivity index (χ3v) is 3.31. The Morgan fingerprint density at radius 3 is 2.79 bits per heavy atom. The summed E-state index contributed by atoms with van der Waals surface area (Å²) in [6.45, 7) is 2.20. The average molecular weight is 259 g/mol. The second-order valence-electron chi connectivity index (χ2n) is 4.60. The number of pyridine rings is 1. The van der Waals surface area contributed by atoms with Crippen LogP contribution in [0.2, 0.25) is 0 Å². The Bertz CT molecular complexity index is 663. The third-order valence-electron chi connectivity index (χ3n) is 3.31. The monoisotopic (exact) mass is 259 g/mol. The fourth-order valence-electron chi connectivity index (χ4n) is 1.85. The van der Waals surface area contributed by atoms with Crippen LogP contribution in [-0.2, 0) is 0 Å². The van der Waals surface area contributed by atoms with E-state index < -0.39 is 0 Å². The molecule has 2 rings (SSSR count). The molecule has 1 atom stereocenters. The lowest BCUT2D eigenvalue weighted by molar-refractivity contribution is 0.0747. The molecule has 0 spiro atoms. The summed E-state index contributed by atoms with van der Waals surface area (Å²) < 4.78 is 0. The first-order valence-corrected chi connectivity index (χ1v) is 6.14. The van der Waals surface area contributed by atoms with Crippen LogP contribution in [0.25, 0.3) is 10.9 Å². The van der Waals surface area contributed by atoms with Gasteiger partial charge in [-0.25, -0.2) is 0 Å². The number of carbonyl (C=O) groups is 1. The van der Waals surface area contributed by atoms with Crippen LogP contribution in [0.3, 0.4) is 0 Å². The molecule has 1 unspecified atom stereocenters. The fraction of sp³-hybridized carbons (Fsp3) is 0.286. The van der Waals surface area contributed by atoms with Gasteiger partial charge in [0.25, 0.3) is 11.5 Å². The maximum atomic E-state index is 12.3. The lowest BCUT2D eigenvalue weighted by Gasteiger charge is -2.23. The summed E-state index contributed by atoms with van der Waals surface area (Å²) in [7, 11) is 1.65. The van der Waals surface area contributed by atoms with Gasteiger partial charge in [0.15, 0.2) is 0 Å². The van der Waals surface area contributed by atoms with Crippen LogP contribution in [-0.4, -0.2) is 35.4 Å². The molecule has 100 valence electrons. The van der Waals surface area contributed by atoms with Crippen molar-refractivity contribution >= 4 is 16.8 Å². The normalized spacial score (nSPS) is 12.4. The molecule has 1 amide bonds. The number of rotatable bonds is 3. The minimum Gasteiger partial charge on any atom is -0.338 e. The van der Waals surface area contributed by atoms with E-state index in [1.807, 2.05) is 25.1 Å². The first kappa shape index (κ1) is 13.3. The van der Waals surface area contributed by atoms with Crippen molar-refractivity contribution in [3.63, 3.8) is 0 Å². The van der Waals surface area contributed by atoms with Crippen LogP contribution >= 0.6 is 0 Å². The molecule has 0 bridgehead atoms. The molecule has 3 N–H and O–H groups in total. The molecule has 0 aliphatic heterocycles. The van der Waals surface area contributed by atoms with E-state index in [1.54, 1.807) is 19.2 Å². The van der Waals surface area contributed by atoms with E-state index in [0.717, 1.165) is 10.9 Å². The molecule has 0 radical (unpaired) electrons. The van der Waals surface area contributed by atoms with Gasteiger partial charge < -0.3 is 15.6 Å². The molecule has 1 aromatic heterocycles. The van der Waals surface area contributed by atoms with Crippen LogP contribution in [0.5, 0.6) is 0 Å². The van der Waals surface area contributed by atoms with Crippen molar-refractivity contribution in [2.45, 2.75) is 13.0 Å². The molecule has 5 nitrogen and oxygen atoms in total. The van der Waals surface area contributed by atoms with E-state index >= 15 is 0 Å². The van der Waals surface area contributed by atoms with Crippen LogP contribution in [0.15, 0.2) is 35.1 Å². The number of amides is 1. The lowest BCUT2D eigenvalue weighted by atomic mass is 10.1. The van der Waals surface area contributed by atoms with Crippen LogP contribution in [0, 0.1) is 0 Å². The Morgan fingerprint density at radius 1 is 1.42 bits per heavy atom. The highest BCUT2D eigenvalue weighted by Crippen LogP contribution is 2.11. The number of aromatic nitrogens is 1. The lowest BCUT2D eigenvalue weighted by Crippen LogP contribution is -2.41. The van der Waals surface area contributed by atoms with Crippen LogP contribution < -0.4 is 11.3 Å². The van der Waals surface area contributed by atoms with Gasteiger partial charge in [0.2, 0.25) is 0 Å². The predicted octanol–water partition coefficient (Wildman–Crippen LogP) is 0.947. The second kappa shape index (κ2) is 5.24. The quantitative estimate of drug-likeness (QED) is 0.861. The van der Waals surface area contributed by atoms with Gasteiger partial charge in [-0.3, -0.25) is 9.59 Å². The zero-order chi connectivity index (χ0) is 14.0. The van der Waals surface area contributed by atoms with Gasteiger partial charge in [-0.15, -0.1) is 0 Å². The van der Waals surface area contributed by atoms with E-state index in [-0.39, 0.29) is 23.1 Å². The van der Waals surface area contributed by atoms with Gasteiger partial charge >= 0.3 is 0 Å². The molecule has 0 aliphatic rings. The summed E-state index contributed by atoms with van der Waals surface area (Å²) in [5, 5.41) is 0.833. The Kier molecular flexibility index (Phi) is 3.66. The van der Waals surface area contributed by atoms with E-state index in [1.165, 1.54) is 4.90 Å². The molecular weight excluding hydrogens is 242 g/mol. The summed E-state index contributed by atoms with van der Waals surface area (Å²) in [4.78, 5) is 28.4. The molecule has 1 aromatic carbocycles. The number of nitrogens with two attached hydrogens (primary N) is 1. The number of carbonyl (C=O) groups excluding carboxylic acids is 1. The van der Waals surface area contributed by atoms with Gasteiger partial charge in [-0.05, 0) is 24.4 Å². The number of likely N-dealkylation sites (N-methyl/N-ethyl adjacent to an activating group) is 1. The minimum absolute atomic E-state index is 0.113. The highest BCUT2D eigenvalue weighted by Gasteiger charge is 2.19. The van der Waals surface area contributed by atoms with Crippen molar-refractivity contribution in [3.8, 4) is 0 Å². The Morgan fingerprint density at radius 2 is 2.11 bits per heavy atom. The van der Waals surface area contributed by atoms with Gasteiger partial charge in [-0.1, -0.05) is 18.2 Å². The summed E-state index contributed by atoms with van der Waals surface area (Å²) in [5.41, 5.74) is 6.02. The zero-order valence-corrected chi connectivity index (χ0v) is 11.0. The summed E-state index contributed by atoms with van der Waals surface area (Å²) in [5.74, 6) is -0.315. The fourth-order valence-corrected chi connectivity index (χ4v) is 1.85. The SMILES string of the molecule is CC(CN)N(C)C(=O)c1cc2ccccc2[nH]c1=O. The molecule has 0 aliphatic carbocycles. The molecule has 0 fully saturated rings. The zero-order valence-electron chi connectivity index (χ0n) is 11.0. The average Bonchev–Trinajstić information content (AvgIpc) is 2.44. The standard InChI is InChI=1S/C14H17N3O2/c1-9(8-15)17(2)14(19)11-7-10-5-3-4-6-12(10)16-13(11)18/h3-7,9H,8,15H2,1-2H3,(H,16,18). The van der Waals surface area contributed by atoms with Crippen molar-refractivity contribution in [2.75, 3.05) is 13.6 Å². The second-order valence-corrected chi connectivity index (χ2v) is 4.60. The molecule has 2 aromatic rings. The number of hydrogen-bond acceptors (Lipinski definition) is 3. The van der Waals surface area contributed by atoms with Gasteiger partial charge in [0.05, 0.1) is 0 Å². The van der Waals surface area contributed by atoms with E-state index in [2.05, 4.69) is 4.98 Å². The maximum absolute atomic E-state index is 12.3. The topological polar surface area (TPSA) is 79.2 Å². The first-order chi connectivity index (χ1) is 9.04. The summed E-state index contributed by atoms with van der Waals surface area (Å²) in [6.07, 6.45) is 0.